The van der Waals surface area contributed by atoms with Crippen molar-refractivity contribution in [1.82, 2.24) is 5.32 Å². The van der Waals surface area contributed by atoms with Crippen LogP contribution in [0, 0.1) is 5.82 Å². The third kappa shape index (κ3) is 5.37. The number of carbonyl (C=O) groups is 1. The molecule has 0 unspecified atom stereocenters. The molecule has 0 fully saturated rings. The van der Waals surface area contributed by atoms with Crippen LogP contribution in [0.5, 0.6) is 5.75 Å². The maximum absolute atomic E-state index is 13.8. The number of hydrogen-bond acceptors (Lipinski definition) is 2. The zero-order valence-electron chi connectivity index (χ0n) is 14.0. The zero-order chi connectivity index (χ0) is 19.2. The van der Waals surface area contributed by atoms with Gasteiger partial charge in [-0.05, 0) is 43.2 Å². The van der Waals surface area contributed by atoms with Crippen molar-refractivity contribution in [1.29, 1.82) is 0 Å². The first kappa shape index (κ1) is 19.6. The molecule has 0 heterocycles. The first-order chi connectivity index (χ1) is 12.3. The van der Waals surface area contributed by atoms with Gasteiger partial charge in [0, 0.05) is 6.54 Å². The quantitative estimate of drug-likeness (QED) is 0.730. The maximum Gasteiger partial charge on any atom is 0.419 e. The van der Waals surface area contributed by atoms with E-state index in [1.54, 1.807) is 12.1 Å². The molecule has 0 atom stereocenters. The number of ether oxygens (including phenoxy) is 1. The number of urea groups is 1. The number of halogens is 4. The second kappa shape index (κ2) is 8.55. The molecule has 0 aliphatic rings. The minimum absolute atomic E-state index is 0.237. The molecule has 2 aromatic rings. The van der Waals surface area contributed by atoms with Crippen LogP contribution in [0.15, 0.2) is 42.5 Å². The second-order valence-corrected chi connectivity index (χ2v) is 5.37. The Balaban J connectivity index is 1.87. The largest absolute Gasteiger partial charge is 0.494 e. The van der Waals surface area contributed by atoms with E-state index in [0.29, 0.717) is 19.1 Å². The standard InChI is InChI=1S/C18H18F4N2O2/c1-2-26-13-8-6-12(7-9-13)10-11-23-17(25)24-15-5-3-4-14(16(15)19)18(20,21)22/h3-9H,2,10-11H2,1H3,(H2,23,24,25). The molecule has 4 nitrogen and oxygen atoms in total. The maximum atomic E-state index is 13.8. The summed E-state index contributed by atoms with van der Waals surface area (Å²) in [5.41, 5.74) is -1.01. The molecule has 0 aliphatic heterocycles. The Morgan fingerprint density at radius 2 is 1.81 bits per heavy atom. The van der Waals surface area contributed by atoms with Crippen LogP contribution >= 0.6 is 0 Å². The minimum Gasteiger partial charge on any atom is -0.494 e. The fourth-order valence-corrected chi connectivity index (χ4v) is 2.25. The van der Waals surface area contributed by atoms with Gasteiger partial charge in [-0.2, -0.15) is 13.2 Å². The van der Waals surface area contributed by atoms with E-state index in [-0.39, 0.29) is 6.54 Å². The third-order valence-corrected chi connectivity index (χ3v) is 3.49. The lowest BCUT2D eigenvalue weighted by molar-refractivity contribution is -0.139. The van der Waals surface area contributed by atoms with E-state index in [9.17, 15) is 22.4 Å². The Morgan fingerprint density at radius 1 is 1.12 bits per heavy atom. The van der Waals surface area contributed by atoms with Crippen LogP contribution in [0.25, 0.3) is 0 Å². The van der Waals surface area contributed by atoms with E-state index in [1.807, 2.05) is 19.1 Å². The molecule has 0 saturated carbocycles. The summed E-state index contributed by atoms with van der Waals surface area (Å²) in [7, 11) is 0. The molecule has 0 radical (unpaired) electrons. The normalized spacial score (nSPS) is 11.1. The SMILES string of the molecule is CCOc1ccc(CCNC(=O)Nc2cccc(C(F)(F)F)c2F)cc1. The first-order valence-corrected chi connectivity index (χ1v) is 7.93. The van der Waals surface area contributed by atoms with Gasteiger partial charge in [-0.1, -0.05) is 18.2 Å². The number of benzene rings is 2. The summed E-state index contributed by atoms with van der Waals surface area (Å²) in [6.07, 6.45) is -4.32. The molecule has 0 aromatic heterocycles. The molecule has 2 rings (SSSR count). The first-order valence-electron chi connectivity index (χ1n) is 7.93. The average Bonchev–Trinajstić information content (AvgIpc) is 2.57. The highest BCUT2D eigenvalue weighted by atomic mass is 19.4. The number of rotatable bonds is 6. The van der Waals surface area contributed by atoms with Crippen molar-refractivity contribution in [3.05, 3.63) is 59.4 Å². The highest BCUT2D eigenvalue weighted by molar-refractivity contribution is 5.89. The van der Waals surface area contributed by atoms with Crippen LogP contribution in [0.1, 0.15) is 18.1 Å². The van der Waals surface area contributed by atoms with Crippen molar-refractivity contribution < 1.29 is 27.1 Å². The lowest BCUT2D eigenvalue weighted by Crippen LogP contribution is -2.31. The van der Waals surface area contributed by atoms with Crippen molar-refractivity contribution in [2.45, 2.75) is 19.5 Å². The van der Waals surface area contributed by atoms with Gasteiger partial charge in [-0.25, -0.2) is 9.18 Å². The number of anilines is 1. The molecule has 0 bridgehead atoms. The van der Waals surface area contributed by atoms with Gasteiger partial charge in [0.05, 0.1) is 17.9 Å². The summed E-state index contributed by atoms with van der Waals surface area (Å²) < 4.78 is 57.1. The lowest BCUT2D eigenvalue weighted by atomic mass is 10.1. The van der Waals surface area contributed by atoms with E-state index in [2.05, 4.69) is 10.6 Å². The van der Waals surface area contributed by atoms with E-state index in [4.69, 9.17) is 4.74 Å². The van der Waals surface area contributed by atoms with Crippen molar-refractivity contribution in [2.24, 2.45) is 0 Å². The number of nitrogens with one attached hydrogen (secondary N) is 2. The van der Waals surface area contributed by atoms with E-state index >= 15 is 0 Å². The van der Waals surface area contributed by atoms with E-state index < -0.39 is 29.3 Å². The summed E-state index contributed by atoms with van der Waals surface area (Å²) in [5.74, 6) is -0.774. The average molecular weight is 370 g/mol. The van der Waals surface area contributed by atoms with Crippen molar-refractivity contribution >= 4 is 11.7 Å². The van der Waals surface area contributed by atoms with Crippen LogP contribution in [0.2, 0.25) is 0 Å². The molecule has 0 spiro atoms. The van der Waals surface area contributed by atoms with Crippen LogP contribution in [-0.2, 0) is 12.6 Å². The van der Waals surface area contributed by atoms with Gasteiger partial charge in [0.25, 0.3) is 0 Å². The predicted octanol–water partition coefficient (Wildman–Crippen LogP) is 4.61. The Bertz CT molecular complexity index is 746. The van der Waals surface area contributed by atoms with Crippen LogP contribution < -0.4 is 15.4 Å². The zero-order valence-corrected chi connectivity index (χ0v) is 14.0. The van der Waals surface area contributed by atoms with Gasteiger partial charge in [0.15, 0.2) is 5.82 Å². The summed E-state index contributed by atoms with van der Waals surface area (Å²) in [6, 6.07) is 9.22. The molecule has 2 aromatic carbocycles. The van der Waals surface area contributed by atoms with Crippen LogP contribution in [0.3, 0.4) is 0 Å². The molecular weight excluding hydrogens is 352 g/mol. The molecule has 8 heteroatoms. The molecule has 26 heavy (non-hydrogen) atoms. The molecule has 2 amide bonds. The second-order valence-electron chi connectivity index (χ2n) is 5.37. The van der Waals surface area contributed by atoms with Crippen molar-refractivity contribution in [2.75, 3.05) is 18.5 Å². The molecule has 0 aliphatic carbocycles. The molecular formula is C18H18F4N2O2. The van der Waals surface area contributed by atoms with Gasteiger partial charge in [-0.15, -0.1) is 0 Å². The van der Waals surface area contributed by atoms with Crippen molar-refractivity contribution in [3.8, 4) is 5.75 Å². The van der Waals surface area contributed by atoms with Crippen LogP contribution in [0.4, 0.5) is 28.0 Å². The van der Waals surface area contributed by atoms with E-state index in [0.717, 1.165) is 23.4 Å². The number of carbonyl (C=O) groups excluding carboxylic acids is 1. The molecule has 140 valence electrons. The monoisotopic (exact) mass is 370 g/mol. The van der Waals surface area contributed by atoms with E-state index in [1.165, 1.54) is 0 Å². The highest BCUT2D eigenvalue weighted by Gasteiger charge is 2.35. The minimum atomic E-state index is -4.83. The Hall–Kier alpha value is -2.77. The lowest BCUT2D eigenvalue weighted by Gasteiger charge is -2.12. The topological polar surface area (TPSA) is 50.4 Å². The fourth-order valence-electron chi connectivity index (χ4n) is 2.25. The van der Waals surface area contributed by atoms with Gasteiger partial charge < -0.3 is 15.4 Å². The molecule has 2 N–H and O–H groups in total. The van der Waals surface area contributed by atoms with Gasteiger partial charge in [-0.3, -0.25) is 0 Å². The van der Waals surface area contributed by atoms with Gasteiger partial charge in [0.1, 0.15) is 5.75 Å². The van der Waals surface area contributed by atoms with Gasteiger partial charge >= 0.3 is 12.2 Å². The van der Waals surface area contributed by atoms with Gasteiger partial charge in [0.2, 0.25) is 0 Å². The number of amides is 2. The number of alkyl halides is 3. The van der Waals surface area contributed by atoms with Crippen LogP contribution in [-0.4, -0.2) is 19.2 Å². The summed E-state index contributed by atoms with van der Waals surface area (Å²) in [6.45, 7) is 2.68. The molecule has 0 saturated heterocycles. The summed E-state index contributed by atoms with van der Waals surface area (Å²) in [5, 5.41) is 4.57. The Morgan fingerprint density at radius 3 is 2.42 bits per heavy atom. The fraction of sp³-hybridized carbons (Fsp3) is 0.278. The third-order valence-electron chi connectivity index (χ3n) is 3.49. The Labute approximate surface area is 148 Å². The van der Waals surface area contributed by atoms with Crippen molar-refractivity contribution in [3.63, 3.8) is 0 Å². The highest BCUT2D eigenvalue weighted by Crippen LogP contribution is 2.33. The Kier molecular flexibility index (Phi) is 6.43. The summed E-state index contributed by atoms with van der Waals surface area (Å²) in [4.78, 5) is 11.8. The smallest absolute Gasteiger partial charge is 0.419 e. The predicted molar refractivity (Wildman–Crippen MR) is 89.7 cm³/mol. The summed E-state index contributed by atoms with van der Waals surface area (Å²) >= 11 is 0. The number of hydrogen-bond donors (Lipinski definition) is 2.